The summed E-state index contributed by atoms with van der Waals surface area (Å²) in [7, 11) is 1.29. The highest BCUT2D eigenvalue weighted by molar-refractivity contribution is 5.98. The molecule has 2 rings (SSSR count). The van der Waals surface area contributed by atoms with Crippen LogP contribution in [0.1, 0.15) is 33.3 Å². The van der Waals surface area contributed by atoms with Gasteiger partial charge in [0, 0.05) is 7.11 Å². The fourth-order valence-electron chi connectivity index (χ4n) is 3.37. The molecular formula is C25H35F2N3O8. The number of alkyl halides is 2. The van der Waals surface area contributed by atoms with Gasteiger partial charge >= 0.3 is 12.7 Å². The van der Waals surface area contributed by atoms with E-state index in [1.165, 1.54) is 7.11 Å². The lowest BCUT2D eigenvalue weighted by atomic mass is 9.94. The smallest absolute Gasteiger partial charge is 0.408 e. The number of amides is 3. The molecule has 0 radical (unpaired) electrons. The van der Waals surface area contributed by atoms with E-state index in [9.17, 15) is 28.0 Å². The molecule has 0 bridgehead atoms. The molecule has 1 aliphatic heterocycles. The van der Waals surface area contributed by atoms with Crippen LogP contribution in [0.3, 0.4) is 0 Å². The number of carbonyl (C=O) groups excluding carboxylic acids is 4. The van der Waals surface area contributed by atoms with Crippen molar-refractivity contribution in [3.8, 4) is 0 Å². The number of Topliss-reactive ketones (excluding diaryl/α,β-unsaturated/α-hetero) is 1. The molecule has 11 nitrogen and oxygen atoms in total. The molecule has 1 aromatic rings. The lowest BCUT2D eigenvalue weighted by Crippen LogP contribution is -2.59. The van der Waals surface area contributed by atoms with Crippen LogP contribution in [0.2, 0.25) is 0 Å². The molecule has 38 heavy (non-hydrogen) atoms. The number of hydrogen-bond acceptors (Lipinski definition) is 8. The Morgan fingerprint density at radius 3 is 2.03 bits per heavy atom. The number of nitrogens with one attached hydrogen (secondary N) is 3. The van der Waals surface area contributed by atoms with Crippen molar-refractivity contribution in [1.29, 1.82) is 0 Å². The van der Waals surface area contributed by atoms with Gasteiger partial charge in [0.2, 0.25) is 11.8 Å². The predicted molar refractivity (Wildman–Crippen MR) is 130 cm³/mol. The topological polar surface area (TPSA) is 145 Å². The molecule has 4 atom stereocenters. The minimum absolute atomic E-state index is 0.170. The Hall–Kier alpha value is -3.16. The third-order valence-electron chi connectivity index (χ3n) is 5.38. The molecule has 1 fully saturated rings. The Labute approximate surface area is 219 Å². The Balaban J connectivity index is 2.15. The van der Waals surface area contributed by atoms with Crippen LogP contribution < -0.4 is 16.0 Å². The Kier molecular flexibility index (Phi) is 11.1. The minimum Gasteiger partial charge on any atom is -0.444 e. The summed E-state index contributed by atoms with van der Waals surface area (Å²) < 4.78 is 44.9. The van der Waals surface area contributed by atoms with Crippen molar-refractivity contribution >= 4 is 23.7 Å². The summed E-state index contributed by atoms with van der Waals surface area (Å²) in [5, 5.41) is 7.16. The van der Waals surface area contributed by atoms with Gasteiger partial charge in [0.15, 0.2) is 5.78 Å². The molecule has 1 aliphatic rings. The average Bonchev–Trinajstić information content (AvgIpc) is 3.58. The van der Waals surface area contributed by atoms with Crippen molar-refractivity contribution in [3.63, 3.8) is 0 Å². The molecule has 13 heteroatoms. The minimum atomic E-state index is -3.21. The number of ketones is 1. The maximum atomic E-state index is 13.2. The second kappa shape index (κ2) is 13.6. The van der Waals surface area contributed by atoms with Crippen LogP contribution in [0.25, 0.3) is 0 Å². The molecule has 3 amide bonds. The molecule has 212 valence electrons. The molecular weight excluding hydrogens is 508 g/mol. The number of hydrogen-bond donors (Lipinski definition) is 3. The van der Waals surface area contributed by atoms with Gasteiger partial charge in [-0.1, -0.05) is 30.3 Å². The number of ether oxygens (including phenoxy) is 4. The maximum absolute atomic E-state index is 13.2. The zero-order valence-corrected chi connectivity index (χ0v) is 22.0. The number of halogens is 2. The number of epoxide rings is 1. The van der Waals surface area contributed by atoms with Crippen molar-refractivity contribution in [3.05, 3.63) is 35.9 Å². The molecule has 0 aliphatic carbocycles. The maximum Gasteiger partial charge on any atom is 0.408 e. The zero-order valence-electron chi connectivity index (χ0n) is 22.0. The van der Waals surface area contributed by atoms with Crippen molar-refractivity contribution in [2.75, 3.05) is 26.9 Å². The second-order valence-electron chi connectivity index (χ2n) is 9.94. The third-order valence-corrected chi connectivity index (χ3v) is 5.38. The van der Waals surface area contributed by atoms with Gasteiger partial charge < -0.3 is 34.9 Å². The standard InChI is InChI=1S/C25H35F2N3O8/c1-24(2,3)38-23(34)30-18(13-36-22(26)27)21(33)29-17(12-35-5)20(32)28-16(19(31)25(4)14-37-25)11-15-9-7-6-8-10-15/h6-10,16-18,22H,11-14H2,1-5H3,(H,28,32)(H,29,33)(H,30,34)/t16-,17-,18-,25-/m0/s1. The molecule has 0 saturated carbocycles. The van der Waals surface area contributed by atoms with Gasteiger partial charge in [-0.15, -0.1) is 0 Å². The van der Waals surface area contributed by atoms with Crippen LogP contribution in [0.5, 0.6) is 0 Å². The summed E-state index contributed by atoms with van der Waals surface area (Å²) in [4.78, 5) is 51.3. The first-order valence-electron chi connectivity index (χ1n) is 11.9. The van der Waals surface area contributed by atoms with E-state index >= 15 is 0 Å². The number of rotatable bonds is 14. The van der Waals surface area contributed by atoms with Crippen molar-refractivity contribution in [2.45, 2.75) is 70.1 Å². The fraction of sp³-hybridized carbons (Fsp3) is 0.600. The van der Waals surface area contributed by atoms with E-state index < -0.39 is 60.5 Å². The quantitative estimate of drug-likeness (QED) is 0.298. The summed E-state index contributed by atoms with van der Waals surface area (Å²) in [6, 6.07) is 5.06. The van der Waals surface area contributed by atoms with E-state index in [4.69, 9.17) is 14.2 Å². The van der Waals surface area contributed by atoms with E-state index in [1.807, 2.05) is 6.07 Å². The molecule has 1 aromatic carbocycles. The molecule has 0 spiro atoms. The van der Waals surface area contributed by atoms with Crippen LogP contribution in [0.15, 0.2) is 30.3 Å². The number of carbonyl (C=O) groups is 4. The summed E-state index contributed by atoms with van der Waals surface area (Å²) >= 11 is 0. The Morgan fingerprint density at radius 2 is 1.53 bits per heavy atom. The first kappa shape index (κ1) is 31.1. The lowest BCUT2D eigenvalue weighted by Gasteiger charge is -2.26. The second-order valence-corrected chi connectivity index (χ2v) is 9.94. The Bertz CT molecular complexity index is 967. The SMILES string of the molecule is COC[C@H](NC(=O)[C@H](COC(F)F)NC(=O)OC(C)(C)C)C(=O)N[C@@H](Cc1ccccc1)C(=O)[C@]1(C)CO1. The van der Waals surface area contributed by atoms with Gasteiger partial charge in [0.05, 0.1) is 25.9 Å². The average molecular weight is 544 g/mol. The summed E-state index contributed by atoms with van der Waals surface area (Å²) in [6.07, 6.45) is -0.877. The molecule has 1 saturated heterocycles. The monoisotopic (exact) mass is 543 g/mol. The number of alkyl carbamates (subject to hydrolysis) is 1. The van der Waals surface area contributed by atoms with Gasteiger partial charge in [0.1, 0.15) is 23.3 Å². The first-order valence-corrected chi connectivity index (χ1v) is 11.9. The third kappa shape index (κ3) is 10.3. The largest absolute Gasteiger partial charge is 0.444 e. The number of benzene rings is 1. The van der Waals surface area contributed by atoms with E-state index in [0.717, 1.165) is 5.56 Å². The van der Waals surface area contributed by atoms with Crippen LogP contribution >= 0.6 is 0 Å². The fourth-order valence-corrected chi connectivity index (χ4v) is 3.37. The predicted octanol–water partition coefficient (Wildman–Crippen LogP) is 1.34. The van der Waals surface area contributed by atoms with Gasteiger partial charge in [-0.25, -0.2) is 4.79 Å². The molecule has 1 heterocycles. The van der Waals surface area contributed by atoms with Gasteiger partial charge in [0.25, 0.3) is 0 Å². The van der Waals surface area contributed by atoms with E-state index in [0.29, 0.717) is 0 Å². The van der Waals surface area contributed by atoms with Crippen molar-refractivity contribution in [1.82, 2.24) is 16.0 Å². The lowest BCUT2D eigenvalue weighted by molar-refractivity contribution is -0.145. The highest BCUT2D eigenvalue weighted by Gasteiger charge is 2.50. The van der Waals surface area contributed by atoms with E-state index in [2.05, 4.69) is 20.7 Å². The van der Waals surface area contributed by atoms with E-state index in [-0.39, 0.29) is 25.4 Å². The van der Waals surface area contributed by atoms with Gasteiger partial charge in [-0.05, 0) is 39.7 Å². The highest BCUT2D eigenvalue weighted by Crippen LogP contribution is 2.29. The van der Waals surface area contributed by atoms with Crippen LogP contribution in [0, 0.1) is 0 Å². The van der Waals surface area contributed by atoms with Crippen molar-refractivity contribution < 1.29 is 46.9 Å². The summed E-state index contributed by atoms with van der Waals surface area (Å²) in [6.45, 7) is 2.15. The summed E-state index contributed by atoms with van der Waals surface area (Å²) in [5.41, 5.74) is -1.16. The Morgan fingerprint density at radius 1 is 0.974 bits per heavy atom. The summed E-state index contributed by atoms with van der Waals surface area (Å²) in [5.74, 6) is -2.10. The van der Waals surface area contributed by atoms with Gasteiger partial charge in [-0.3, -0.25) is 14.4 Å². The number of methoxy groups -OCH3 is 1. The normalized spacial score (nSPS) is 19.2. The van der Waals surface area contributed by atoms with Crippen LogP contribution in [0.4, 0.5) is 13.6 Å². The molecule has 3 N–H and O–H groups in total. The van der Waals surface area contributed by atoms with E-state index in [1.54, 1.807) is 52.0 Å². The highest BCUT2D eigenvalue weighted by atomic mass is 19.3. The zero-order chi connectivity index (χ0) is 28.5. The van der Waals surface area contributed by atoms with Crippen molar-refractivity contribution in [2.24, 2.45) is 0 Å². The van der Waals surface area contributed by atoms with Crippen LogP contribution in [-0.4, -0.2) is 86.6 Å². The first-order chi connectivity index (χ1) is 17.7. The van der Waals surface area contributed by atoms with Crippen LogP contribution in [-0.2, 0) is 39.8 Å². The molecule has 0 unspecified atom stereocenters. The van der Waals surface area contributed by atoms with Gasteiger partial charge in [-0.2, -0.15) is 8.78 Å². The molecule has 0 aromatic heterocycles.